The molecule has 1 saturated carbocycles. The van der Waals surface area contributed by atoms with E-state index in [9.17, 15) is 0 Å². The highest BCUT2D eigenvalue weighted by Crippen LogP contribution is 2.33. The summed E-state index contributed by atoms with van der Waals surface area (Å²) in [6.45, 7) is 5.56. The van der Waals surface area contributed by atoms with E-state index in [4.69, 9.17) is 0 Å². The molecule has 1 aliphatic rings. The molecule has 0 aromatic heterocycles. The maximum absolute atomic E-state index is 3.62. The second-order valence-electron chi connectivity index (χ2n) is 5.27. The third kappa shape index (κ3) is 3.97. The van der Waals surface area contributed by atoms with Gasteiger partial charge in [0, 0.05) is 6.04 Å². The summed E-state index contributed by atoms with van der Waals surface area (Å²) in [7, 11) is 0. The molecule has 1 N–H and O–H groups in total. The normalized spacial score (nSPS) is 17.4. The molecule has 1 nitrogen and oxygen atoms in total. The summed E-state index contributed by atoms with van der Waals surface area (Å²) in [5, 5.41) is 3.62. The molecule has 1 heteroatoms. The fourth-order valence-corrected chi connectivity index (χ4v) is 2.15. The van der Waals surface area contributed by atoms with Gasteiger partial charge in [0.1, 0.15) is 0 Å². The minimum absolute atomic E-state index is 0.693. The van der Waals surface area contributed by atoms with Crippen molar-refractivity contribution in [2.45, 2.75) is 45.6 Å². The van der Waals surface area contributed by atoms with Gasteiger partial charge in [-0.1, -0.05) is 42.7 Å². The maximum atomic E-state index is 3.62. The number of hydrogen-bond donors (Lipinski definition) is 1. The Labute approximate surface area is 99.3 Å². The van der Waals surface area contributed by atoms with Crippen molar-refractivity contribution in [3.63, 3.8) is 0 Å². The van der Waals surface area contributed by atoms with Crippen LogP contribution in [0.1, 0.15) is 37.3 Å². The van der Waals surface area contributed by atoms with E-state index in [1.165, 1.54) is 30.4 Å². The second-order valence-corrected chi connectivity index (χ2v) is 5.27. The van der Waals surface area contributed by atoms with E-state index >= 15 is 0 Å². The van der Waals surface area contributed by atoms with Gasteiger partial charge in [0.2, 0.25) is 0 Å². The van der Waals surface area contributed by atoms with Crippen molar-refractivity contribution in [1.82, 2.24) is 5.32 Å². The number of hydrogen-bond acceptors (Lipinski definition) is 1. The first-order valence-electron chi connectivity index (χ1n) is 6.53. The molecule has 0 spiro atoms. The van der Waals surface area contributed by atoms with Crippen LogP contribution in [0.15, 0.2) is 24.3 Å². The highest BCUT2D eigenvalue weighted by Gasteiger charge is 2.22. The topological polar surface area (TPSA) is 12.0 Å². The van der Waals surface area contributed by atoms with Crippen LogP contribution in [0.5, 0.6) is 0 Å². The highest BCUT2D eigenvalue weighted by atomic mass is 14.9. The summed E-state index contributed by atoms with van der Waals surface area (Å²) < 4.78 is 0. The van der Waals surface area contributed by atoms with Crippen LogP contribution in [0, 0.1) is 12.8 Å². The van der Waals surface area contributed by atoms with Crippen LogP contribution in [-0.2, 0) is 6.42 Å². The van der Waals surface area contributed by atoms with Gasteiger partial charge in [0.25, 0.3) is 0 Å². The van der Waals surface area contributed by atoms with Crippen LogP contribution in [-0.4, -0.2) is 12.6 Å². The second kappa shape index (κ2) is 5.49. The molecule has 2 rings (SSSR count). The zero-order chi connectivity index (χ0) is 11.4. The largest absolute Gasteiger partial charge is 0.314 e. The zero-order valence-corrected chi connectivity index (χ0v) is 10.5. The Bertz CT molecular complexity index is 311. The molecule has 0 aliphatic heterocycles. The van der Waals surface area contributed by atoms with E-state index in [1.807, 2.05) is 0 Å². The van der Waals surface area contributed by atoms with Crippen molar-refractivity contribution in [2.75, 3.05) is 6.54 Å². The quantitative estimate of drug-likeness (QED) is 0.771. The van der Waals surface area contributed by atoms with Gasteiger partial charge in [-0.2, -0.15) is 0 Å². The van der Waals surface area contributed by atoms with Crippen molar-refractivity contribution in [3.05, 3.63) is 35.4 Å². The lowest BCUT2D eigenvalue weighted by molar-refractivity contribution is 0.491. The third-order valence-electron chi connectivity index (χ3n) is 3.41. The fourth-order valence-electron chi connectivity index (χ4n) is 2.15. The number of nitrogens with one attached hydrogen (secondary N) is 1. The van der Waals surface area contributed by atoms with E-state index < -0.39 is 0 Å². The minimum atomic E-state index is 0.693. The lowest BCUT2D eigenvalue weighted by Crippen LogP contribution is -2.28. The van der Waals surface area contributed by atoms with Crippen molar-refractivity contribution >= 4 is 0 Å². The van der Waals surface area contributed by atoms with Crippen molar-refractivity contribution < 1.29 is 0 Å². The molecular formula is C15H23N. The molecule has 0 heterocycles. The van der Waals surface area contributed by atoms with Gasteiger partial charge in [-0.25, -0.2) is 0 Å². The van der Waals surface area contributed by atoms with Gasteiger partial charge in [0.05, 0.1) is 0 Å². The Kier molecular flexibility index (Phi) is 4.00. The third-order valence-corrected chi connectivity index (χ3v) is 3.41. The molecule has 1 fully saturated rings. The Morgan fingerprint density at radius 1 is 1.25 bits per heavy atom. The van der Waals surface area contributed by atoms with E-state index in [2.05, 4.69) is 43.4 Å². The molecule has 88 valence electrons. The molecule has 1 aromatic carbocycles. The smallest absolute Gasteiger partial charge is 0.00414 e. The zero-order valence-electron chi connectivity index (χ0n) is 10.5. The van der Waals surface area contributed by atoms with Crippen molar-refractivity contribution in [3.8, 4) is 0 Å². The van der Waals surface area contributed by atoms with Crippen LogP contribution < -0.4 is 5.32 Å². The van der Waals surface area contributed by atoms with Gasteiger partial charge in [-0.15, -0.1) is 0 Å². The molecule has 1 unspecified atom stereocenters. The van der Waals surface area contributed by atoms with Crippen molar-refractivity contribution in [1.29, 1.82) is 0 Å². The highest BCUT2D eigenvalue weighted by molar-refractivity contribution is 5.21. The van der Waals surface area contributed by atoms with Crippen molar-refractivity contribution in [2.24, 2.45) is 5.92 Å². The first-order chi connectivity index (χ1) is 7.74. The van der Waals surface area contributed by atoms with Crippen LogP contribution >= 0.6 is 0 Å². The fraction of sp³-hybridized carbons (Fsp3) is 0.600. The first-order valence-corrected chi connectivity index (χ1v) is 6.53. The average molecular weight is 217 g/mol. The number of aryl methyl sites for hydroxylation is 1. The molecule has 16 heavy (non-hydrogen) atoms. The van der Waals surface area contributed by atoms with Gasteiger partial charge in [-0.3, -0.25) is 0 Å². The monoisotopic (exact) mass is 217 g/mol. The molecule has 0 bridgehead atoms. The maximum Gasteiger partial charge on any atom is 0.00414 e. The molecule has 0 amide bonds. The van der Waals surface area contributed by atoms with Crippen LogP contribution in [0.2, 0.25) is 0 Å². The predicted octanol–water partition coefficient (Wildman–Crippen LogP) is 3.32. The van der Waals surface area contributed by atoms with E-state index in [-0.39, 0.29) is 0 Å². The lowest BCUT2D eigenvalue weighted by atomic mass is 10.1. The first kappa shape index (κ1) is 11.7. The Hall–Kier alpha value is -0.820. The molecule has 0 saturated heterocycles. The van der Waals surface area contributed by atoms with Crippen LogP contribution in [0.25, 0.3) is 0 Å². The van der Waals surface area contributed by atoms with Crippen LogP contribution in [0.4, 0.5) is 0 Å². The molecule has 1 aliphatic carbocycles. The average Bonchev–Trinajstić information content (AvgIpc) is 3.05. The van der Waals surface area contributed by atoms with E-state index in [0.717, 1.165) is 18.9 Å². The van der Waals surface area contributed by atoms with E-state index in [0.29, 0.717) is 6.04 Å². The summed E-state index contributed by atoms with van der Waals surface area (Å²) in [5.74, 6) is 1.03. The molecule has 0 radical (unpaired) electrons. The predicted molar refractivity (Wildman–Crippen MR) is 69.7 cm³/mol. The van der Waals surface area contributed by atoms with Gasteiger partial charge in [-0.05, 0) is 44.7 Å². The SMILES string of the molecule is Cc1ccc(CCNC(C)CC2CC2)cc1. The molecule has 1 atom stereocenters. The Morgan fingerprint density at radius 2 is 1.94 bits per heavy atom. The summed E-state index contributed by atoms with van der Waals surface area (Å²) in [4.78, 5) is 0. The molecular weight excluding hydrogens is 194 g/mol. The Balaban J connectivity index is 1.64. The number of rotatable bonds is 6. The summed E-state index contributed by atoms with van der Waals surface area (Å²) in [5.41, 5.74) is 2.79. The summed E-state index contributed by atoms with van der Waals surface area (Å²) in [6.07, 6.45) is 5.44. The summed E-state index contributed by atoms with van der Waals surface area (Å²) in [6, 6.07) is 9.56. The lowest BCUT2D eigenvalue weighted by Gasteiger charge is -2.13. The minimum Gasteiger partial charge on any atom is -0.314 e. The van der Waals surface area contributed by atoms with Gasteiger partial charge >= 0.3 is 0 Å². The standard InChI is InChI=1S/C15H23N/c1-12-3-5-14(6-4-12)9-10-16-13(2)11-15-7-8-15/h3-6,13,15-16H,7-11H2,1-2H3. The summed E-state index contributed by atoms with van der Waals surface area (Å²) >= 11 is 0. The van der Waals surface area contributed by atoms with Gasteiger partial charge in [0.15, 0.2) is 0 Å². The Morgan fingerprint density at radius 3 is 2.56 bits per heavy atom. The molecule has 1 aromatic rings. The van der Waals surface area contributed by atoms with Crippen LogP contribution in [0.3, 0.4) is 0 Å². The number of benzene rings is 1. The van der Waals surface area contributed by atoms with E-state index in [1.54, 1.807) is 0 Å². The van der Waals surface area contributed by atoms with Gasteiger partial charge < -0.3 is 5.32 Å².